The molecule has 0 aliphatic rings. The molecule has 2 atom stereocenters. The summed E-state index contributed by atoms with van der Waals surface area (Å²) in [6.45, 7) is 3.19. The van der Waals surface area contributed by atoms with E-state index in [2.05, 4.69) is 6.92 Å². The lowest BCUT2D eigenvalue weighted by atomic mass is 10.0. The van der Waals surface area contributed by atoms with Crippen molar-refractivity contribution in [1.29, 1.82) is 0 Å². The quantitative estimate of drug-likeness (QED) is 0.612. The molecule has 2 N–H and O–H groups in total. The maximum atomic E-state index is 9.84. The largest absolute Gasteiger partial charge is 0.390 e. The first-order chi connectivity index (χ1) is 9.74. The lowest BCUT2D eigenvalue weighted by Gasteiger charge is -2.17. The zero-order chi connectivity index (χ0) is 14.6. The van der Waals surface area contributed by atoms with Gasteiger partial charge in [0.1, 0.15) is 0 Å². The van der Waals surface area contributed by atoms with E-state index in [0.29, 0.717) is 26.1 Å². The summed E-state index contributed by atoms with van der Waals surface area (Å²) in [5.41, 5.74) is 1.13. The maximum Gasteiger partial charge on any atom is 0.0821 e. The summed E-state index contributed by atoms with van der Waals surface area (Å²) in [5, 5.41) is 19.7. The molecular weight excluding hydrogens is 252 g/mol. The van der Waals surface area contributed by atoms with Crippen LogP contribution in [0.5, 0.6) is 0 Å². The van der Waals surface area contributed by atoms with Gasteiger partial charge in [0, 0.05) is 6.61 Å². The van der Waals surface area contributed by atoms with Crippen LogP contribution >= 0.6 is 0 Å². The first-order valence-corrected chi connectivity index (χ1v) is 7.71. The first-order valence-electron chi connectivity index (χ1n) is 7.71. The van der Waals surface area contributed by atoms with Gasteiger partial charge in [0.25, 0.3) is 0 Å². The molecule has 0 amide bonds. The molecule has 1 aromatic rings. The van der Waals surface area contributed by atoms with Crippen molar-refractivity contribution in [2.24, 2.45) is 0 Å². The SMILES string of the molecule is CCCCCC[C@@H](O)[C@H](O)CCOCc1ccccc1. The molecule has 0 saturated carbocycles. The van der Waals surface area contributed by atoms with Gasteiger partial charge in [-0.25, -0.2) is 0 Å². The van der Waals surface area contributed by atoms with Gasteiger partial charge in [-0.3, -0.25) is 0 Å². The molecule has 0 radical (unpaired) electrons. The molecule has 0 aliphatic heterocycles. The minimum absolute atomic E-state index is 0.474. The van der Waals surface area contributed by atoms with Crippen molar-refractivity contribution in [3.63, 3.8) is 0 Å². The van der Waals surface area contributed by atoms with Crippen molar-refractivity contribution in [2.75, 3.05) is 6.61 Å². The Bertz CT molecular complexity index is 326. The number of rotatable bonds is 11. The highest BCUT2D eigenvalue weighted by Crippen LogP contribution is 2.11. The molecule has 0 aliphatic carbocycles. The Morgan fingerprint density at radius 1 is 0.950 bits per heavy atom. The van der Waals surface area contributed by atoms with Crippen LogP contribution in [0.2, 0.25) is 0 Å². The second kappa shape index (κ2) is 10.8. The van der Waals surface area contributed by atoms with Gasteiger partial charge in [0.2, 0.25) is 0 Å². The summed E-state index contributed by atoms with van der Waals surface area (Å²) in [7, 11) is 0. The van der Waals surface area contributed by atoms with Gasteiger partial charge in [0.15, 0.2) is 0 Å². The Hall–Kier alpha value is -0.900. The van der Waals surface area contributed by atoms with E-state index in [4.69, 9.17) is 4.74 Å². The molecule has 1 aromatic carbocycles. The zero-order valence-electron chi connectivity index (χ0n) is 12.5. The van der Waals surface area contributed by atoms with Gasteiger partial charge in [0.05, 0.1) is 18.8 Å². The van der Waals surface area contributed by atoms with Crippen LogP contribution < -0.4 is 0 Å². The third-order valence-electron chi connectivity index (χ3n) is 3.47. The summed E-state index contributed by atoms with van der Waals surface area (Å²) in [6.07, 6.45) is 4.37. The first kappa shape index (κ1) is 17.2. The molecule has 0 heterocycles. The fourth-order valence-electron chi connectivity index (χ4n) is 2.13. The Kier molecular flexibility index (Phi) is 9.29. The van der Waals surface area contributed by atoms with Crippen LogP contribution in [0.25, 0.3) is 0 Å². The van der Waals surface area contributed by atoms with E-state index in [0.717, 1.165) is 18.4 Å². The van der Waals surface area contributed by atoms with Crippen molar-refractivity contribution < 1.29 is 14.9 Å². The topological polar surface area (TPSA) is 49.7 Å². The van der Waals surface area contributed by atoms with Crippen LogP contribution in [0.3, 0.4) is 0 Å². The molecule has 0 fully saturated rings. The third kappa shape index (κ3) is 7.63. The van der Waals surface area contributed by atoms with E-state index in [9.17, 15) is 10.2 Å². The van der Waals surface area contributed by atoms with Crippen molar-refractivity contribution >= 4 is 0 Å². The summed E-state index contributed by atoms with van der Waals surface area (Å²) >= 11 is 0. The van der Waals surface area contributed by atoms with Crippen molar-refractivity contribution in [2.45, 2.75) is 64.3 Å². The van der Waals surface area contributed by atoms with E-state index in [1.165, 1.54) is 12.8 Å². The highest BCUT2D eigenvalue weighted by atomic mass is 16.5. The van der Waals surface area contributed by atoms with Crippen LogP contribution in [-0.2, 0) is 11.3 Å². The summed E-state index contributed by atoms with van der Waals surface area (Å²) in [5.74, 6) is 0. The monoisotopic (exact) mass is 280 g/mol. The van der Waals surface area contributed by atoms with Gasteiger partial charge in [-0.15, -0.1) is 0 Å². The Morgan fingerprint density at radius 2 is 1.65 bits per heavy atom. The number of aliphatic hydroxyl groups excluding tert-OH is 2. The maximum absolute atomic E-state index is 9.84. The van der Waals surface area contributed by atoms with Crippen LogP contribution in [0.15, 0.2) is 30.3 Å². The normalized spacial score (nSPS) is 14.2. The molecule has 114 valence electrons. The number of ether oxygens (including phenoxy) is 1. The molecule has 20 heavy (non-hydrogen) atoms. The molecule has 0 bridgehead atoms. The fraction of sp³-hybridized carbons (Fsp3) is 0.647. The number of benzene rings is 1. The Morgan fingerprint density at radius 3 is 2.35 bits per heavy atom. The zero-order valence-corrected chi connectivity index (χ0v) is 12.5. The average Bonchev–Trinajstić information content (AvgIpc) is 2.48. The van der Waals surface area contributed by atoms with Crippen molar-refractivity contribution in [1.82, 2.24) is 0 Å². The third-order valence-corrected chi connectivity index (χ3v) is 3.47. The van der Waals surface area contributed by atoms with E-state index in [1.54, 1.807) is 0 Å². The molecule has 0 saturated heterocycles. The molecule has 0 unspecified atom stereocenters. The molecule has 1 rings (SSSR count). The average molecular weight is 280 g/mol. The smallest absolute Gasteiger partial charge is 0.0821 e. The number of hydrogen-bond acceptors (Lipinski definition) is 3. The minimum Gasteiger partial charge on any atom is -0.390 e. The van der Waals surface area contributed by atoms with Gasteiger partial charge in [-0.2, -0.15) is 0 Å². The molecule has 3 heteroatoms. The molecule has 0 aromatic heterocycles. The van der Waals surface area contributed by atoms with Crippen LogP contribution in [-0.4, -0.2) is 29.0 Å². The number of unbranched alkanes of at least 4 members (excludes halogenated alkanes) is 3. The van der Waals surface area contributed by atoms with E-state index in [1.807, 2.05) is 30.3 Å². The van der Waals surface area contributed by atoms with E-state index < -0.39 is 12.2 Å². The van der Waals surface area contributed by atoms with Crippen LogP contribution in [0.1, 0.15) is 51.0 Å². The summed E-state index contributed by atoms with van der Waals surface area (Å²) in [4.78, 5) is 0. The standard InChI is InChI=1S/C17H28O3/c1-2-3-4-8-11-16(18)17(19)12-13-20-14-15-9-6-5-7-10-15/h5-7,9-10,16-19H,2-4,8,11-14H2,1H3/t16-,17-/m1/s1. The lowest BCUT2D eigenvalue weighted by Crippen LogP contribution is -2.27. The Balaban J connectivity index is 2.05. The summed E-state index contributed by atoms with van der Waals surface area (Å²) in [6, 6.07) is 9.96. The van der Waals surface area contributed by atoms with Gasteiger partial charge in [-0.05, 0) is 18.4 Å². The molecular formula is C17H28O3. The van der Waals surface area contributed by atoms with Crippen molar-refractivity contribution in [3.8, 4) is 0 Å². The lowest BCUT2D eigenvalue weighted by molar-refractivity contribution is -0.0112. The molecule has 3 nitrogen and oxygen atoms in total. The Labute approximate surface area is 122 Å². The van der Waals surface area contributed by atoms with E-state index >= 15 is 0 Å². The predicted molar refractivity (Wildman–Crippen MR) is 81.5 cm³/mol. The van der Waals surface area contributed by atoms with Gasteiger partial charge >= 0.3 is 0 Å². The van der Waals surface area contributed by atoms with Crippen molar-refractivity contribution in [3.05, 3.63) is 35.9 Å². The minimum atomic E-state index is -0.674. The fourth-order valence-corrected chi connectivity index (χ4v) is 2.13. The highest BCUT2D eigenvalue weighted by molar-refractivity contribution is 5.13. The highest BCUT2D eigenvalue weighted by Gasteiger charge is 2.15. The molecule has 0 spiro atoms. The summed E-state index contributed by atoms with van der Waals surface area (Å²) < 4.78 is 5.51. The number of aliphatic hydroxyl groups is 2. The second-order valence-electron chi connectivity index (χ2n) is 5.31. The second-order valence-corrected chi connectivity index (χ2v) is 5.31. The predicted octanol–water partition coefficient (Wildman–Crippen LogP) is 3.29. The number of hydrogen-bond donors (Lipinski definition) is 2. The van der Waals surface area contributed by atoms with Crippen LogP contribution in [0, 0.1) is 0 Å². The van der Waals surface area contributed by atoms with Gasteiger partial charge < -0.3 is 14.9 Å². The van der Waals surface area contributed by atoms with E-state index in [-0.39, 0.29) is 0 Å². The van der Waals surface area contributed by atoms with Crippen LogP contribution in [0.4, 0.5) is 0 Å². The van der Waals surface area contributed by atoms with Gasteiger partial charge in [-0.1, -0.05) is 62.9 Å².